The summed E-state index contributed by atoms with van der Waals surface area (Å²) in [6.07, 6.45) is 17.3. The van der Waals surface area contributed by atoms with Crippen molar-refractivity contribution in [3.05, 3.63) is 0 Å². The summed E-state index contributed by atoms with van der Waals surface area (Å²) in [4.78, 5) is 10.3. The van der Waals surface area contributed by atoms with E-state index in [9.17, 15) is 4.79 Å². The summed E-state index contributed by atoms with van der Waals surface area (Å²) >= 11 is 0. The fraction of sp³-hybridized carbons (Fsp3) is 0.938. The molecule has 0 spiro atoms. The van der Waals surface area contributed by atoms with Gasteiger partial charge in [0.25, 0.3) is 0 Å². The average Bonchev–Trinajstić information content (AvgIpc) is 2.34. The van der Waals surface area contributed by atoms with Gasteiger partial charge in [-0.15, -0.1) is 0 Å². The van der Waals surface area contributed by atoms with E-state index in [0.717, 1.165) is 12.8 Å². The topological polar surface area (TPSA) is 107 Å². The summed E-state index contributed by atoms with van der Waals surface area (Å²) in [5.74, 6) is -0.655. The lowest BCUT2D eigenvalue weighted by molar-refractivity contribution is -0.137. The first-order valence-electron chi connectivity index (χ1n) is 7.99. The Balaban J connectivity index is -0.00000144. The van der Waals surface area contributed by atoms with Crippen LogP contribution in [-0.4, -0.2) is 11.1 Å². The maximum atomic E-state index is 10.3. The Morgan fingerprint density at radius 2 is 0.950 bits per heavy atom. The highest BCUT2D eigenvalue weighted by Gasteiger charge is 1.96. The minimum atomic E-state index is -0.655. The molecule has 7 N–H and O–H groups in total. The fourth-order valence-corrected chi connectivity index (χ4v) is 2.29. The van der Waals surface area contributed by atoms with Crippen molar-refractivity contribution in [1.29, 1.82) is 0 Å². The molecule has 0 heterocycles. The molecule has 0 unspecified atom stereocenters. The van der Waals surface area contributed by atoms with E-state index < -0.39 is 5.97 Å². The van der Waals surface area contributed by atoms with E-state index in [4.69, 9.17) is 5.11 Å². The Bertz CT molecular complexity index is 187. The number of carbonyl (C=O) groups is 1. The molecule has 0 aliphatic carbocycles. The van der Waals surface area contributed by atoms with Crippen LogP contribution in [0.4, 0.5) is 0 Å². The summed E-state index contributed by atoms with van der Waals surface area (Å²) in [7, 11) is 0. The zero-order chi connectivity index (χ0) is 13.5. The third-order valence-electron chi connectivity index (χ3n) is 3.49. The molecule has 0 atom stereocenters. The van der Waals surface area contributed by atoms with Crippen LogP contribution >= 0.6 is 0 Å². The number of hydrogen-bond donors (Lipinski definition) is 3. The third-order valence-corrected chi connectivity index (χ3v) is 3.49. The Morgan fingerprint density at radius 1 is 0.650 bits per heavy atom. The van der Waals surface area contributed by atoms with Crippen LogP contribution in [0.25, 0.3) is 0 Å². The highest BCUT2D eigenvalue weighted by molar-refractivity contribution is 5.66. The summed E-state index contributed by atoms with van der Waals surface area (Å²) in [5.41, 5.74) is 0. The van der Waals surface area contributed by atoms with E-state index in [0.29, 0.717) is 6.42 Å². The molecular weight excluding hydrogens is 252 g/mol. The largest absolute Gasteiger partial charge is 0.481 e. The molecule has 0 amide bonds. The minimum absolute atomic E-state index is 0. The van der Waals surface area contributed by atoms with Gasteiger partial charge in [-0.3, -0.25) is 4.79 Å². The van der Waals surface area contributed by atoms with Crippen molar-refractivity contribution in [2.75, 3.05) is 0 Å². The number of hydrogen-bond acceptors (Lipinski definition) is 3. The Kier molecular flexibility index (Phi) is 25.3. The molecule has 0 aromatic rings. The van der Waals surface area contributed by atoms with E-state index in [1.807, 2.05) is 0 Å². The van der Waals surface area contributed by atoms with Gasteiger partial charge in [-0.1, -0.05) is 84.0 Å². The van der Waals surface area contributed by atoms with Crippen LogP contribution in [0.5, 0.6) is 0 Å². The van der Waals surface area contributed by atoms with Crippen molar-refractivity contribution in [3.63, 3.8) is 0 Å². The molecular formula is C16H38N2O2. The zero-order valence-electron chi connectivity index (χ0n) is 13.7. The van der Waals surface area contributed by atoms with Crippen LogP contribution in [0, 0.1) is 0 Å². The quantitative estimate of drug-likeness (QED) is 0.347. The van der Waals surface area contributed by atoms with Crippen molar-refractivity contribution in [3.8, 4) is 0 Å². The molecule has 0 bridgehead atoms. The van der Waals surface area contributed by atoms with Gasteiger partial charge in [-0.25, -0.2) is 0 Å². The minimum Gasteiger partial charge on any atom is -0.481 e. The normalized spacial score (nSPS) is 9.65. The van der Waals surface area contributed by atoms with Gasteiger partial charge in [0, 0.05) is 6.42 Å². The van der Waals surface area contributed by atoms with E-state index in [1.54, 1.807) is 0 Å². The average molecular weight is 290 g/mol. The van der Waals surface area contributed by atoms with E-state index in [2.05, 4.69) is 6.92 Å². The van der Waals surface area contributed by atoms with Crippen LogP contribution < -0.4 is 12.3 Å². The van der Waals surface area contributed by atoms with Crippen molar-refractivity contribution in [2.45, 2.75) is 96.8 Å². The zero-order valence-corrected chi connectivity index (χ0v) is 13.7. The van der Waals surface area contributed by atoms with Crippen molar-refractivity contribution in [1.82, 2.24) is 12.3 Å². The lowest BCUT2D eigenvalue weighted by Crippen LogP contribution is -1.93. The summed E-state index contributed by atoms with van der Waals surface area (Å²) in [6.45, 7) is 2.26. The number of unbranched alkanes of at least 4 members (excludes halogenated alkanes) is 12. The highest BCUT2D eigenvalue weighted by Crippen LogP contribution is 2.12. The second kappa shape index (κ2) is 20.7. The molecule has 20 heavy (non-hydrogen) atoms. The van der Waals surface area contributed by atoms with Crippen molar-refractivity contribution >= 4 is 5.97 Å². The highest BCUT2D eigenvalue weighted by atomic mass is 16.4. The Hall–Kier alpha value is -0.610. The monoisotopic (exact) mass is 290 g/mol. The van der Waals surface area contributed by atoms with Gasteiger partial charge in [0.05, 0.1) is 0 Å². The number of carboxylic acid groups (broad SMARTS) is 1. The van der Waals surface area contributed by atoms with Gasteiger partial charge in [-0.05, 0) is 6.42 Å². The van der Waals surface area contributed by atoms with Crippen LogP contribution in [0.3, 0.4) is 0 Å². The van der Waals surface area contributed by atoms with E-state index in [1.165, 1.54) is 70.6 Å². The molecule has 0 fully saturated rings. The smallest absolute Gasteiger partial charge is 0.303 e. The predicted octanol–water partition coefficient (Wildman–Crippen LogP) is 5.88. The van der Waals surface area contributed by atoms with Gasteiger partial charge < -0.3 is 17.4 Å². The van der Waals surface area contributed by atoms with E-state index in [-0.39, 0.29) is 12.3 Å². The summed E-state index contributed by atoms with van der Waals surface area (Å²) < 4.78 is 0. The second-order valence-electron chi connectivity index (χ2n) is 5.39. The molecule has 0 saturated carbocycles. The van der Waals surface area contributed by atoms with Gasteiger partial charge in [0.2, 0.25) is 0 Å². The molecule has 0 aromatic heterocycles. The number of rotatable bonds is 14. The molecule has 0 radical (unpaired) electrons. The molecule has 0 rings (SSSR count). The van der Waals surface area contributed by atoms with Crippen LogP contribution in [0.1, 0.15) is 96.8 Å². The maximum Gasteiger partial charge on any atom is 0.303 e. The van der Waals surface area contributed by atoms with Crippen LogP contribution in [-0.2, 0) is 4.79 Å². The van der Waals surface area contributed by atoms with E-state index >= 15 is 0 Å². The lowest BCUT2D eigenvalue weighted by Gasteiger charge is -2.02. The van der Waals surface area contributed by atoms with Crippen molar-refractivity contribution in [2.24, 2.45) is 0 Å². The summed E-state index contributed by atoms with van der Waals surface area (Å²) in [5, 5.41) is 8.49. The van der Waals surface area contributed by atoms with Gasteiger partial charge in [0.15, 0.2) is 0 Å². The number of aliphatic carboxylic acids is 1. The molecule has 0 aromatic carbocycles. The molecule has 0 aliphatic heterocycles. The van der Waals surface area contributed by atoms with Crippen LogP contribution in [0.15, 0.2) is 0 Å². The molecule has 4 heteroatoms. The lowest BCUT2D eigenvalue weighted by atomic mass is 10.0. The first-order valence-corrected chi connectivity index (χ1v) is 7.99. The molecule has 0 aliphatic rings. The maximum absolute atomic E-state index is 10.3. The van der Waals surface area contributed by atoms with Crippen LogP contribution in [0.2, 0.25) is 0 Å². The second-order valence-corrected chi connectivity index (χ2v) is 5.39. The molecule has 124 valence electrons. The summed E-state index contributed by atoms with van der Waals surface area (Å²) in [6, 6.07) is 0. The Morgan fingerprint density at radius 3 is 1.25 bits per heavy atom. The van der Waals surface area contributed by atoms with Gasteiger partial charge in [-0.2, -0.15) is 0 Å². The van der Waals surface area contributed by atoms with Gasteiger partial charge >= 0.3 is 5.97 Å². The predicted molar refractivity (Wildman–Crippen MR) is 88.0 cm³/mol. The standard InChI is InChI=1S/C16H32O2.2H3N/c1-2-3-4-5-6-7-8-9-10-11-12-13-14-15-16(17)18;;/h2-15H2,1H3,(H,17,18);2*1H3. The number of carboxylic acids is 1. The first-order chi connectivity index (χ1) is 8.77. The first kappa shape index (κ1) is 24.4. The molecule has 4 nitrogen and oxygen atoms in total. The van der Waals surface area contributed by atoms with Gasteiger partial charge in [0.1, 0.15) is 0 Å². The SMILES string of the molecule is CCCCCCCCCCCCCCCC(=O)O.N.N. The molecule has 0 saturated heterocycles. The fourth-order valence-electron chi connectivity index (χ4n) is 2.29. The third kappa shape index (κ3) is 22.6. The Labute approximate surface area is 125 Å². The van der Waals surface area contributed by atoms with Crippen molar-refractivity contribution < 1.29 is 9.90 Å².